The summed E-state index contributed by atoms with van der Waals surface area (Å²) in [6.07, 6.45) is 1.92. The van der Waals surface area contributed by atoms with E-state index in [4.69, 9.17) is 25.8 Å². The van der Waals surface area contributed by atoms with E-state index in [9.17, 15) is 4.79 Å². The molecule has 5 N–H and O–H groups in total. The number of anilines is 3. The van der Waals surface area contributed by atoms with Gasteiger partial charge in [0.2, 0.25) is 0 Å². The summed E-state index contributed by atoms with van der Waals surface area (Å²) in [5, 5.41) is 7.12. The van der Waals surface area contributed by atoms with E-state index in [1.807, 2.05) is 27.7 Å². The molecule has 0 radical (unpaired) electrons. The Balaban J connectivity index is 0.00000253. The molecule has 1 aliphatic rings. The number of oxime groups is 1. The second kappa shape index (κ2) is 12.2. The van der Waals surface area contributed by atoms with Crippen LogP contribution in [0.3, 0.4) is 0 Å². The van der Waals surface area contributed by atoms with Gasteiger partial charge in [-0.05, 0) is 80.8 Å². The van der Waals surface area contributed by atoms with Crippen LogP contribution in [0.5, 0.6) is 11.5 Å². The van der Waals surface area contributed by atoms with Crippen LogP contribution >= 0.6 is 24.8 Å². The first-order chi connectivity index (χ1) is 17.1. The van der Waals surface area contributed by atoms with Crippen LogP contribution in [-0.4, -0.2) is 35.9 Å². The third kappa shape index (κ3) is 6.23. The first-order valence-electron chi connectivity index (χ1n) is 11.6. The fourth-order valence-electron chi connectivity index (χ4n) is 4.23. The summed E-state index contributed by atoms with van der Waals surface area (Å²) in [5.74, 6) is 1.48. The van der Waals surface area contributed by atoms with Crippen molar-refractivity contribution in [2.45, 2.75) is 39.7 Å². The van der Waals surface area contributed by atoms with E-state index in [1.54, 1.807) is 36.4 Å². The summed E-state index contributed by atoms with van der Waals surface area (Å²) >= 11 is 0. The highest BCUT2D eigenvalue weighted by Gasteiger charge is 2.39. The Morgan fingerprint density at radius 1 is 1.08 bits per heavy atom. The van der Waals surface area contributed by atoms with Gasteiger partial charge in [-0.2, -0.15) is 0 Å². The number of fused-ring (bicyclic) bond motifs is 1. The van der Waals surface area contributed by atoms with Gasteiger partial charge in [0.1, 0.15) is 36.6 Å². The van der Waals surface area contributed by atoms with Gasteiger partial charge in [-0.15, -0.1) is 24.8 Å². The Morgan fingerprint density at radius 2 is 1.76 bits per heavy atom. The Hall–Kier alpha value is -3.69. The summed E-state index contributed by atoms with van der Waals surface area (Å²) < 4.78 is 12.6. The lowest BCUT2D eigenvalue weighted by Gasteiger charge is -2.38. The number of carbonyl (C=O) groups excluding carboxylic acids is 1. The summed E-state index contributed by atoms with van der Waals surface area (Å²) in [4.78, 5) is 21.5. The first-order valence-corrected chi connectivity index (χ1v) is 11.6. The predicted octanol–water partition coefficient (Wildman–Crippen LogP) is 5.24. The number of aromatic nitrogens is 1. The van der Waals surface area contributed by atoms with Gasteiger partial charge in [0.05, 0.1) is 11.3 Å². The number of hydrogen-bond acceptors (Lipinski definition) is 8. The van der Waals surface area contributed by atoms with Gasteiger partial charge >= 0.3 is 0 Å². The maximum absolute atomic E-state index is 12.4. The molecule has 0 saturated heterocycles. The molecule has 1 atom stereocenters. The smallest absolute Gasteiger partial charge is 0.257 e. The molecule has 4 rings (SSSR count). The van der Waals surface area contributed by atoms with E-state index in [0.29, 0.717) is 29.2 Å². The lowest BCUT2D eigenvalue weighted by Crippen LogP contribution is -2.45. The zero-order valence-electron chi connectivity index (χ0n) is 22.0. The van der Waals surface area contributed by atoms with Gasteiger partial charge in [-0.3, -0.25) is 4.79 Å². The van der Waals surface area contributed by atoms with Gasteiger partial charge in [0.25, 0.3) is 5.91 Å². The number of nitrogens with zero attached hydrogens (tertiary/aromatic N) is 2. The average Bonchev–Trinajstić information content (AvgIpc) is 2.86. The fourth-order valence-corrected chi connectivity index (χ4v) is 4.23. The summed E-state index contributed by atoms with van der Waals surface area (Å²) in [7, 11) is 1.53. The van der Waals surface area contributed by atoms with E-state index >= 15 is 0 Å². The van der Waals surface area contributed by atoms with Gasteiger partial charge in [-0.25, -0.2) is 4.98 Å². The van der Waals surface area contributed by atoms with Gasteiger partial charge < -0.3 is 31.1 Å². The van der Waals surface area contributed by atoms with Crippen LogP contribution in [0.2, 0.25) is 0 Å². The molecule has 1 aliphatic heterocycles. The molecule has 2 heterocycles. The number of halogens is 2. The standard InChI is InChI=1S/C27H31N5O4.2ClH/c1-15-16(2)25-23(17(3)24(15)29)21(32-34-5)12-27(4,36-25)14-35-20-9-7-19(8-10-20)31-26(33)18-6-11-22(28)30-13-18;;/h6-11,13H,12,14,29H2,1-5H3,(H2,28,30)(H,31,33);2*1H. The minimum absolute atomic E-state index is 0. The molecule has 38 heavy (non-hydrogen) atoms. The molecular weight excluding hydrogens is 529 g/mol. The molecule has 0 aliphatic carbocycles. The minimum Gasteiger partial charge on any atom is -0.489 e. The number of carbonyl (C=O) groups is 1. The molecule has 1 amide bonds. The van der Waals surface area contributed by atoms with Crippen LogP contribution in [-0.2, 0) is 4.84 Å². The minimum atomic E-state index is -0.681. The topological polar surface area (TPSA) is 134 Å². The normalized spacial score (nSPS) is 16.8. The van der Waals surface area contributed by atoms with Gasteiger partial charge in [-0.1, -0.05) is 5.16 Å². The van der Waals surface area contributed by atoms with Crippen molar-refractivity contribution in [2.75, 3.05) is 30.5 Å². The second-order valence-electron chi connectivity index (χ2n) is 9.18. The van der Waals surface area contributed by atoms with Crippen molar-refractivity contribution in [1.82, 2.24) is 4.98 Å². The zero-order chi connectivity index (χ0) is 26.0. The predicted molar refractivity (Wildman–Crippen MR) is 155 cm³/mol. The number of nitrogens with one attached hydrogen (secondary N) is 1. The molecule has 0 bridgehead atoms. The molecule has 2 aromatic carbocycles. The Labute approximate surface area is 234 Å². The molecule has 204 valence electrons. The Morgan fingerprint density at radius 3 is 2.37 bits per heavy atom. The van der Waals surface area contributed by atoms with Crippen LogP contribution < -0.4 is 26.3 Å². The number of nitrogen functional groups attached to an aromatic ring is 2. The molecule has 0 fully saturated rings. The number of rotatable bonds is 6. The lowest BCUT2D eigenvalue weighted by atomic mass is 9.85. The van der Waals surface area contributed by atoms with Crippen LogP contribution in [0.1, 0.15) is 46.0 Å². The molecule has 0 saturated carbocycles. The summed E-state index contributed by atoms with van der Waals surface area (Å²) in [6.45, 7) is 8.21. The quantitative estimate of drug-likeness (QED) is 0.276. The average molecular weight is 562 g/mol. The maximum Gasteiger partial charge on any atom is 0.257 e. The van der Waals surface area contributed by atoms with Crippen molar-refractivity contribution >= 4 is 53.6 Å². The van der Waals surface area contributed by atoms with Crippen molar-refractivity contribution in [3.8, 4) is 11.5 Å². The number of pyridine rings is 1. The van der Waals surface area contributed by atoms with Gasteiger partial charge in [0.15, 0.2) is 0 Å². The molecule has 1 unspecified atom stereocenters. The van der Waals surface area contributed by atoms with E-state index in [-0.39, 0.29) is 37.3 Å². The summed E-state index contributed by atoms with van der Waals surface area (Å²) in [6, 6.07) is 10.3. The molecule has 11 heteroatoms. The lowest BCUT2D eigenvalue weighted by molar-refractivity contribution is 0.0353. The largest absolute Gasteiger partial charge is 0.489 e. The maximum atomic E-state index is 12.4. The van der Waals surface area contributed by atoms with Crippen LogP contribution in [0, 0.1) is 20.8 Å². The van der Waals surface area contributed by atoms with Crippen molar-refractivity contribution in [1.29, 1.82) is 0 Å². The van der Waals surface area contributed by atoms with E-state index in [1.165, 1.54) is 13.3 Å². The van der Waals surface area contributed by atoms with Crippen molar-refractivity contribution in [3.05, 3.63) is 70.4 Å². The third-order valence-electron chi connectivity index (χ3n) is 6.40. The number of hydrogen-bond donors (Lipinski definition) is 3. The Kier molecular flexibility index (Phi) is 9.83. The Bertz CT molecular complexity index is 1330. The fraction of sp³-hybridized carbons (Fsp3) is 0.296. The van der Waals surface area contributed by atoms with Crippen molar-refractivity contribution < 1.29 is 19.1 Å². The number of amides is 1. The molecular formula is C27H33Cl2N5O4. The highest BCUT2D eigenvalue weighted by atomic mass is 35.5. The molecule has 3 aromatic rings. The highest BCUT2D eigenvalue weighted by molar-refractivity contribution is 6.07. The van der Waals surface area contributed by atoms with E-state index < -0.39 is 5.60 Å². The number of nitrogens with two attached hydrogens (primary N) is 2. The van der Waals surface area contributed by atoms with Crippen molar-refractivity contribution in [3.63, 3.8) is 0 Å². The van der Waals surface area contributed by atoms with Gasteiger partial charge in [0, 0.05) is 29.6 Å². The van der Waals surface area contributed by atoms with Crippen molar-refractivity contribution in [2.24, 2.45) is 5.16 Å². The number of benzene rings is 2. The van der Waals surface area contributed by atoms with Crippen LogP contribution in [0.4, 0.5) is 17.2 Å². The monoisotopic (exact) mass is 561 g/mol. The summed E-state index contributed by atoms with van der Waals surface area (Å²) in [5.41, 5.74) is 17.6. The second-order valence-corrected chi connectivity index (χ2v) is 9.18. The molecule has 9 nitrogen and oxygen atoms in total. The van der Waals surface area contributed by atoms with E-state index in [0.717, 1.165) is 39.4 Å². The van der Waals surface area contributed by atoms with Crippen LogP contribution in [0.15, 0.2) is 47.8 Å². The molecule has 1 aromatic heterocycles. The first kappa shape index (κ1) is 30.5. The number of ether oxygens (including phenoxy) is 2. The zero-order valence-corrected chi connectivity index (χ0v) is 23.6. The van der Waals surface area contributed by atoms with E-state index in [2.05, 4.69) is 15.5 Å². The van der Waals surface area contributed by atoms with Crippen LogP contribution in [0.25, 0.3) is 0 Å². The third-order valence-corrected chi connectivity index (χ3v) is 6.40. The highest BCUT2D eigenvalue weighted by Crippen LogP contribution is 2.42. The molecule has 0 spiro atoms. The SMILES string of the molecule is CON=C1CC(C)(COc2ccc(NC(=O)c3ccc(N)nc3)cc2)Oc2c(C)c(C)c(N)c(C)c21.Cl.Cl.